The lowest BCUT2D eigenvalue weighted by Gasteiger charge is -2.18. The van der Waals surface area contributed by atoms with Gasteiger partial charge >= 0.3 is 5.97 Å². The Morgan fingerprint density at radius 3 is 2.86 bits per heavy atom. The number of rotatable bonds is 5. The molecule has 1 heterocycles. The van der Waals surface area contributed by atoms with Crippen LogP contribution in [0.5, 0.6) is 0 Å². The van der Waals surface area contributed by atoms with E-state index in [9.17, 15) is 4.79 Å². The van der Waals surface area contributed by atoms with E-state index in [2.05, 4.69) is 23.9 Å². The summed E-state index contributed by atoms with van der Waals surface area (Å²) in [6.07, 6.45) is 1.37. The topological polar surface area (TPSA) is 43.8 Å². The van der Waals surface area contributed by atoms with Crippen LogP contribution in [0.25, 0.3) is 0 Å². The molecule has 0 aromatic rings. The highest BCUT2D eigenvalue weighted by Crippen LogP contribution is 2.18. The summed E-state index contributed by atoms with van der Waals surface area (Å²) < 4.78 is 0. The quantitative estimate of drug-likeness (QED) is 0.695. The number of aliphatic carboxylic acids is 1. The highest BCUT2D eigenvalue weighted by atomic mass is 16.4. The van der Waals surface area contributed by atoms with Crippen LogP contribution in [0.3, 0.4) is 0 Å². The summed E-state index contributed by atoms with van der Waals surface area (Å²) in [4.78, 5) is 15.0. The third kappa shape index (κ3) is 4.07. The average molecular weight is 200 g/mol. The van der Waals surface area contributed by atoms with Gasteiger partial charge in [0.15, 0.2) is 0 Å². The molecule has 0 spiro atoms. The Hall–Kier alpha value is -0.610. The molecule has 1 fully saturated rings. The fraction of sp³-hybridized carbons (Fsp3) is 0.900. The number of carbonyl (C=O) groups is 1. The van der Waals surface area contributed by atoms with Crippen LogP contribution in [0, 0.1) is 5.92 Å². The first-order valence-corrected chi connectivity index (χ1v) is 5.17. The van der Waals surface area contributed by atoms with Crippen molar-refractivity contribution in [3.05, 3.63) is 0 Å². The Balaban J connectivity index is 2.17. The van der Waals surface area contributed by atoms with Crippen LogP contribution in [0.1, 0.15) is 12.8 Å². The Labute approximate surface area is 85.5 Å². The Bertz CT molecular complexity index is 195. The predicted molar refractivity (Wildman–Crippen MR) is 55.4 cm³/mol. The molecule has 14 heavy (non-hydrogen) atoms. The zero-order chi connectivity index (χ0) is 10.6. The smallest absolute Gasteiger partial charge is 0.303 e. The van der Waals surface area contributed by atoms with E-state index in [1.807, 2.05) is 0 Å². The molecule has 0 aliphatic carbocycles. The van der Waals surface area contributed by atoms with Crippen LogP contribution in [-0.2, 0) is 4.79 Å². The molecule has 1 atom stereocenters. The summed E-state index contributed by atoms with van der Waals surface area (Å²) in [5, 5.41) is 8.65. The van der Waals surface area contributed by atoms with Crippen molar-refractivity contribution in [2.24, 2.45) is 5.92 Å². The fourth-order valence-corrected chi connectivity index (χ4v) is 1.87. The fourth-order valence-electron chi connectivity index (χ4n) is 1.87. The van der Waals surface area contributed by atoms with E-state index < -0.39 is 5.97 Å². The van der Waals surface area contributed by atoms with Gasteiger partial charge in [0.1, 0.15) is 0 Å². The third-order valence-electron chi connectivity index (χ3n) is 2.70. The molecule has 1 rings (SSSR count). The van der Waals surface area contributed by atoms with E-state index in [1.54, 1.807) is 0 Å². The van der Waals surface area contributed by atoms with E-state index in [0.717, 1.165) is 32.6 Å². The van der Waals surface area contributed by atoms with Crippen LogP contribution >= 0.6 is 0 Å². The highest BCUT2D eigenvalue weighted by molar-refractivity contribution is 5.67. The summed E-state index contributed by atoms with van der Waals surface area (Å²) in [5.74, 6) is -0.292. The van der Waals surface area contributed by atoms with E-state index in [0.29, 0.717) is 12.3 Å². The van der Waals surface area contributed by atoms with E-state index in [4.69, 9.17) is 5.11 Å². The second-order valence-electron chi connectivity index (χ2n) is 4.36. The van der Waals surface area contributed by atoms with Crippen molar-refractivity contribution < 1.29 is 9.90 Å². The van der Waals surface area contributed by atoms with Crippen molar-refractivity contribution >= 4 is 5.97 Å². The van der Waals surface area contributed by atoms with Gasteiger partial charge in [0, 0.05) is 26.1 Å². The SMILES string of the molecule is CN(C)CCN1CCC(CC(=O)O)C1. The van der Waals surface area contributed by atoms with Gasteiger partial charge in [-0.2, -0.15) is 0 Å². The van der Waals surface area contributed by atoms with Crippen molar-refractivity contribution in [2.75, 3.05) is 40.3 Å². The first-order valence-electron chi connectivity index (χ1n) is 5.17. The van der Waals surface area contributed by atoms with Gasteiger partial charge in [-0.25, -0.2) is 0 Å². The van der Waals surface area contributed by atoms with Crippen LogP contribution in [-0.4, -0.2) is 61.2 Å². The molecule has 0 aromatic heterocycles. The summed E-state index contributed by atoms with van der Waals surface area (Å²) in [6.45, 7) is 4.13. The molecule has 1 aliphatic rings. The molecular formula is C10H20N2O2. The maximum atomic E-state index is 10.5. The lowest BCUT2D eigenvalue weighted by atomic mass is 10.1. The van der Waals surface area contributed by atoms with Gasteiger partial charge in [0.25, 0.3) is 0 Å². The number of likely N-dealkylation sites (N-methyl/N-ethyl adjacent to an activating group) is 1. The first-order chi connectivity index (χ1) is 6.58. The highest BCUT2D eigenvalue weighted by Gasteiger charge is 2.23. The van der Waals surface area contributed by atoms with E-state index in [1.165, 1.54) is 0 Å². The number of hydrogen-bond donors (Lipinski definition) is 1. The molecule has 4 heteroatoms. The molecule has 1 aliphatic heterocycles. The minimum atomic E-state index is -0.663. The number of carboxylic acid groups (broad SMARTS) is 1. The lowest BCUT2D eigenvalue weighted by Crippen LogP contribution is -2.30. The van der Waals surface area contributed by atoms with Gasteiger partial charge in [-0.3, -0.25) is 4.79 Å². The second-order valence-corrected chi connectivity index (χ2v) is 4.36. The van der Waals surface area contributed by atoms with Gasteiger partial charge in [0.2, 0.25) is 0 Å². The normalized spacial score (nSPS) is 23.2. The molecule has 0 aromatic carbocycles. The molecule has 1 N–H and O–H groups in total. The molecular weight excluding hydrogens is 180 g/mol. The van der Waals surface area contributed by atoms with Gasteiger partial charge in [-0.15, -0.1) is 0 Å². The van der Waals surface area contributed by atoms with Crippen LogP contribution in [0.4, 0.5) is 0 Å². The summed E-state index contributed by atoms with van der Waals surface area (Å²) in [7, 11) is 4.12. The molecule has 0 amide bonds. The van der Waals surface area contributed by atoms with Crippen molar-refractivity contribution in [1.82, 2.24) is 9.80 Å². The van der Waals surface area contributed by atoms with Crippen molar-refractivity contribution in [1.29, 1.82) is 0 Å². The van der Waals surface area contributed by atoms with Crippen LogP contribution < -0.4 is 0 Å². The summed E-state index contributed by atoms with van der Waals surface area (Å²) in [5.41, 5.74) is 0. The average Bonchev–Trinajstić information content (AvgIpc) is 2.47. The second kappa shape index (κ2) is 5.32. The molecule has 1 saturated heterocycles. The maximum absolute atomic E-state index is 10.5. The van der Waals surface area contributed by atoms with Crippen LogP contribution in [0.15, 0.2) is 0 Å². The number of hydrogen-bond acceptors (Lipinski definition) is 3. The standard InChI is InChI=1S/C10H20N2O2/c1-11(2)5-6-12-4-3-9(8-12)7-10(13)14/h9H,3-8H2,1-2H3,(H,13,14). The van der Waals surface area contributed by atoms with Gasteiger partial charge < -0.3 is 14.9 Å². The lowest BCUT2D eigenvalue weighted by molar-refractivity contribution is -0.138. The van der Waals surface area contributed by atoms with Crippen LogP contribution in [0.2, 0.25) is 0 Å². The molecule has 1 unspecified atom stereocenters. The molecule has 4 nitrogen and oxygen atoms in total. The Morgan fingerprint density at radius 2 is 2.29 bits per heavy atom. The number of likely N-dealkylation sites (tertiary alicyclic amines) is 1. The van der Waals surface area contributed by atoms with Crippen molar-refractivity contribution in [3.63, 3.8) is 0 Å². The molecule has 0 saturated carbocycles. The van der Waals surface area contributed by atoms with Gasteiger partial charge in [0.05, 0.1) is 0 Å². The van der Waals surface area contributed by atoms with Gasteiger partial charge in [-0.1, -0.05) is 0 Å². The van der Waals surface area contributed by atoms with Crippen molar-refractivity contribution in [2.45, 2.75) is 12.8 Å². The summed E-state index contributed by atoms with van der Waals surface area (Å²) >= 11 is 0. The first kappa shape index (κ1) is 11.5. The minimum Gasteiger partial charge on any atom is -0.481 e. The molecule has 0 bridgehead atoms. The van der Waals surface area contributed by atoms with E-state index >= 15 is 0 Å². The minimum absolute atomic E-state index is 0.332. The largest absolute Gasteiger partial charge is 0.481 e. The number of nitrogens with zero attached hydrogens (tertiary/aromatic N) is 2. The molecule has 82 valence electrons. The third-order valence-corrected chi connectivity index (χ3v) is 2.70. The predicted octanol–water partition coefficient (Wildman–Crippen LogP) is 0.345. The maximum Gasteiger partial charge on any atom is 0.303 e. The molecule has 0 radical (unpaired) electrons. The monoisotopic (exact) mass is 200 g/mol. The van der Waals surface area contributed by atoms with Crippen molar-refractivity contribution in [3.8, 4) is 0 Å². The number of carboxylic acids is 1. The summed E-state index contributed by atoms with van der Waals surface area (Å²) in [6, 6.07) is 0. The zero-order valence-corrected chi connectivity index (χ0v) is 9.07. The van der Waals surface area contributed by atoms with E-state index in [-0.39, 0.29) is 0 Å². The van der Waals surface area contributed by atoms with Gasteiger partial charge in [-0.05, 0) is 33.0 Å². The Morgan fingerprint density at radius 1 is 1.57 bits per heavy atom. The Kier molecular flexibility index (Phi) is 4.35. The zero-order valence-electron chi connectivity index (χ0n) is 9.07.